The summed E-state index contributed by atoms with van der Waals surface area (Å²) < 4.78 is 5.69. The first kappa shape index (κ1) is 17.8. The van der Waals surface area contributed by atoms with Crippen LogP contribution < -0.4 is 10.5 Å². The quantitative estimate of drug-likeness (QED) is 0.783. The Morgan fingerprint density at radius 1 is 1.26 bits per heavy atom. The molecule has 0 aromatic heterocycles. The second kappa shape index (κ2) is 8.92. The molecule has 0 radical (unpaired) electrons. The number of rotatable bonds is 7. The van der Waals surface area contributed by atoms with Crippen LogP contribution in [0.4, 0.5) is 0 Å². The average molecular weight is 318 g/mol. The number of benzene rings is 1. The van der Waals surface area contributed by atoms with Crippen molar-refractivity contribution in [3.63, 3.8) is 0 Å². The van der Waals surface area contributed by atoms with Crippen molar-refractivity contribution >= 4 is 5.91 Å². The molecule has 1 aliphatic rings. The Balaban J connectivity index is 1.83. The van der Waals surface area contributed by atoms with Crippen LogP contribution in [-0.2, 0) is 0 Å². The second-order valence-corrected chi connectivity index (χ2v) is 6.57. The van der Waals surface area contributed by atoms with E-state index in [0.29, 0.717) is 5.92 Å². The fourth-order valence-corrected chi connectivity index (χ4v) is 3.05. The van der Waals surface area contributed by atoms with Gasteiger partial charge in [-0.3, -0.25) is 4.79 Å². The van der Waals surface area contributed by atoms with Gasteiger partial charge in [0.05, 0.1) is 6.61 Å². The molecular weight excluding hydrogens is 288 g/mol. The van der Waals surface area contributed by atoms with E-state index in [1.165, 1.54) is 12.8 Å². The summed E-state index contributed by atoms with van der Waals surface area (Å²) in [4.78, 5) is 14.5. The lowest BCUT2D eigenvalue weighted by Gasteiger charge is -2.33. The summed E-state index contributed by atoms with van der Waals surface area (Å²) in [5.41, 5.74) is 6.70. The van der Waals surface area contributed by atoms with E-state index in [2.05, 4.69) is 13.8 Å². The molecule has 0 spiro atoms. The molecule has 1 fully saturated rings. The Hall–Kier alpha value is -1.55. The third kappa shape index (κ3) is 5.24. The molecule has 2 rings (SSSR count). The highest BCUT2D eigenvalue weighted by Gasteiger charge is 2.25. The van der Waals surface area contributed by atoms with Crippen LogP contribution in [0.2, 0.25) is 0 Å². The number of carbonyl (C=O) groups excluding carboxylic acids is 1. The molecule has 1 heterocycles. The van der Waals surface area contributed by atoms with Crippen LogP contribution in [0.25, 0.3) is 0 Å². The molecule has 1 aromatic rings. The molecule has 23 heavy (non-hydrogen) atoms. The van der Waals surface area contributed by atoms with E-state index in [4.69, 9.17) is 10.5 Å². The summed E-state index contributed by atoms with van der Waals surface area (Å²) in [6.07, 6.45) is 5.46. The van der Waals surface area contributed by atoms with E-state index in [0.717, 1.165) is 50.3 Å². The van der Waals surface area contributed by atoms with Gasteiger partial charge in [0, 0.05) is 24.7 Å². The largest absolute Gasteiger partial charge is 0.494 e. The molecule has 1 aliphatic heterocycles. The number of piperidine rings is 1. The van der Waals surface area contributed by atoms with Crippen molar-refractivity contribution in [3.05, 3.63) is 29.8 Å². The molecule has 0 bridgehead atoms. The Morgan fingerprint density at radius 3 is 2.48 bits per heavy atom. The molecule has 128 valence electrons. The maximum atomic E-state index is 12.5. The number of hydrogen-bond donors (Lipinski definition) is 1. The van der Waals surface area contributed by atoms with Crippen LogP contribution in [0, 0.1) is 5.92 Å². The summed E-state index contributed by atoms with van der Waals surface area (Å²) in [7, 11) is 0. The van der Waals surface area contributed by atoms with Crippen molar-refractivity contribution in [3.8, 4) is 5.75 Å². The molecule has 0 saturated carbocycles. The summed E-state index contributed by atoms with van der Waals surface area (Å²) in [5.74, 6) is 1.50. The Labute approximate surface area is 140 Å². The SMILES string of the molecule is CCCCCOc1ccc(C(=O)N2CCC(C(C)N)CC2)cc1. The zero-order valence-corrected chi connectivity index (χ0v) is 14.5. The van der Waals surface area contributed by atoms with E-state index >= 15 is 0 Å². The second-order valence-electron chi connectivity index (χ2n) is 6.57. The third-order valence-electron chi connectivity index (χ3n) is 4.69. The van der Waals surface area contributed by atoms with E-state index in [1.807, 2.05) is 29.2 Å². The summed E-state index contributed by atoms with van der Waals surface area (Å²) >= 11 is 0. The number of hydrogen-bond acceptors (Lipinski definition) is 3. The number of amides is 1. The zero-order valence-electron chi connectivity index (χ0n) is 14.5. The predicted molar refractivity (Wildman–Crippen MR) is 93.7 cm³/mol. The number of unbranched alkanes of at least 4 members (excludes halogenated alkanes) is 2. The van der Waals surface area contributed by atoms with Gasteiger partial charge < -0.3 is 15.4 Å². The topological polar surface area (TPSA) is 55.6 Å². The minimum Gasteiger partial charge on any atom is -0.494 e. The fourth-order valence-electron chi connectivity index (χ4n) is 3.05. The Kier molecular flexibility index (Phi) is 6.90. The van der Waals surface area contributed by atoms with Crippen LogP contribution >= 0.6 is 0 Å². The van der Waals surface area contributed by atoms with Gasteiger partial charge in [0.2, 0.25) is 0 Å². The van der Waals surface area contributed by atoms with Crippen molar-refractivity contribution in [2.45, 2.75) is 52.0 Å². The molecule has 2 N–H and O–H groups in total. The van der Waals surface area contributed by atoms with Crippen LogP contribution in [0.15, 0.2) is 24.3 Å². The molecule has 1 saturated heterocycles. The molecule has 1 amide bonds. The van der Waals surface area contributed by atoms with Gasteiger partial charge in [0.1, 0.15) is 5.75 Å². The summed E-state index contributed by atoms with van der Waals surface area (Å²) in [6, 6.07) is 7.75. The fraction of sp³-hybridized carbons (Fsp3) is 0.632. The standard InChI is InChI=1S/C19H30N2O2/c1-3-4-5-14-23-18-8-6-17(7-9-18)19(22)21-12-10-16(11-13-21)15(2)20/h6-9,15-16H,3-5,10-14,20H2,1-2H3. The number of ether oxygens (including phenoxy) is 1. The maximum Gasteiger partial charge on any atom is 0.253 e. The number of nitrogens with zero attached hydrogens (tertiary/aromatic N) is 1. The molecule has 1 unspecified atom stereocenters. The molecule has 4 nitrogen and oxygen atoms in total. The Morgan fingerprint density at radius 2 is 1.91 bits per heavy atom. The first-order valence-electron chi connectivity index (χ1n) is 8.89. The van der Waals surface area contributed by atoms with Crippen molar-refractivity contribution in [1.29, 1.82) is 0 Å². The number of likely N-dealkylation sites (tertiary alicyclic amines) is 1. The predicted octanol–water partition coefficient (Wildman–Crippen LogP) is 3.46. The van der Waals surface area contributed by atoms with Crippen LogP contribution in [0.3, 0.4) is 0 Å². The van der Waals surface area contributed by atoms with E-state index in [1.54, 1.807) is 0 Å². The van der Waals surface area contributed by atoms with Gasteiger partial charge in [0.25, 0.3) is 5.91 Å². The van der Waals surface area contributed by atoms with Gasteiger partial charge in [-0.05, 0) is 56.4 Å². The van der Waals surface area contributed by atoms with Gasteiger partial charge in [-0.15, -0.1) is 0 Å². The monoisotopic (exact) mass is 318 g/mol. The van der Waals surface area contributed by atoms with Crippen molar-refractivity contribution in [2.24, 2.45) is 11.7 Å². The third-order valence-corrected chi connectivity index (χ3v) is 4.69. The normalized spacial score (nSPS) is 17.1. The van der Waals surface area contributed by atoms with Gasteiger partial charge >= 0.3 is 0 Å². The van der Waals surface area contributed by atoms with Crippen molar-refractivity contribution < 1.29 is 9.53 Å². The maximum absolute atomic E-state index is 12.5. The highest BCUT2D eigenvalue weighted by Crippen LogP contribution is 2.22. The number of nitrogens with two attached hydrogens (primary N) is 1. The molecule has 1 aromatic carbocycles. The van der Waals surface area contributed by atoms with Crippen LogP contribution in [0.1, 0.15) is 56.3 Å². The van der Waals surface area contributed by atoms with Gasteiger partial charge in [-0.1, -0.05) is 19.8 Å². The van der Waals surface area contributed by atoms with Crippen LogP contribution in [0.5, 0.6) is 5.75 Å². The zero-order chi connectivity index (χ0) is 16.7. The molecule has 1 atom stereocenters. The first-order valence-corrected chi connectivity index (χ1v) is 8.89. The van der Waals surface area contributed by atoms with E-state index < -0.39 is 0 Å². The van der Waals surface area contributed by atoms with E-state index in [9.17, 15) is 4.79 Å². The highest BCUT2D eigenvalue weighted by molar-refractivity contribution is 5.94. The van der Waals surface area contributed by atoms with E-state index in [-0.39, 0.29) is 11.9 Å². The highest BCUT2D eigenvalue weighted by atomic mass is 16.5. The van der Waals surface area contributed by atoms with Gasteiger partial charge in [-0.2, -0.15) is 0 Å². The minimum absolute atomic E-state index is 0.116. The van der Waals surface area contributed by atoms with Crippen molar-refractivity contribution in [1.82, 2.24) is 4.90 Å². The smallest absolute Gasteiger partial charge is 0.253 e. The Bertz CT molecular complexity index is 477. The van der Waals surface area contributed by atoms with Crippen molar-refractivity contribution in [2.75, 3.05) is 19.7 Å². The molecular formula is C19H30N2O2. The van der Waals surface area contributed by atoms with Gasteiger partial charge in [-0.25, -0.2) is 0 Å². The minimum atomic E-state index is 0.116. The summed E-state index contributed by atoms with van der Waals surface area (Å²) in [6.45, 7) is 6.59. The average Bonchev–Trinajstić information content (AvgIpc) is 2.59. The number of carbonyl (C=O) groups is 1. The molecule has 4 heteroatoms. The first-order chi connectivity index (χ1) is 11.1. The van der Waals surface area contributed by atoms with Gasteiger partial charge in [0.15, 0.2) is 0 Å². The lowest BCUT2D eigenvalue weighted by molar-refractivity contribution is 0.0681. The van der Waals surface area contributed by atoms with Crippen LogP contribution in [-0.4, -0.2) is 36.5 Å². The lowest BCUT2D eigenvalue weighted by Crippen LogP contribution is -2.42. The summed E-state index contributed by atoms with van der Waals surface area (Å²) in [5, 5.41) is 0. The lowest BCUT2D eigenvalue weighted by atomic mass is 9.90. The molecule has 0 aliphatic carbocycles.